The van der Waals surface area contributed by atoms with E-state index in [0.717, 1.165) is 18.5 Å². The Balaban J connectivity index is 2.05. The zero-order valence-corrected chi connectivity index (χ0v) is 13.0. The van der Waals surface area contributed by atoms with Crippen LogP contribution in [0, 0.1) is 22.6 Å². The van der Waals surface area contributed by atoms with Crippen molar-refractivity contribution in [1.82, 2.24) is 14.4 Å². The van der Waals surface area contributed by atoms with Crippen LogP contribution in [0.1, 0.15) is 17.0 Å². The van der Waals surface area contributed by atoms with Gasteiger partial charge < -0.3 is 5.32 Å². The van der Waals surface area contributed by atoms with Gasteiger partial charge in [-0.25, -0.2) is 14.4 Å². The predicted octanol–water partition coefficient (Wildman–Crippen LogP) is 3.13. The van der Waals surface area contributed by atoms with E-state index in [1.165, 1.54) is 22.7 Å². The molecule has 0 amide bonds. The maximum Gasteiger partial charge on any atom is 0.405 e. The highest BCUT2D eigenvalue weighted by Crippen LogP contribution is 2.23. The molecule has 0 fully saturated rings. The topological polar surface area (TPSA) is 89.9 Å². The SMILES string of the molecule is N#Cc1cc(NCC(F)(F)F)c(C(=N)c2cnc3ccc(F)cn23)cn1. The summed E-state index contributed by atoms with van der Waals surface area (Å²) in [7, 11) is 0. The van der Waals surface area contributed by atoms with E-state index in [0.29, 0.717) is 5.65 Å². The minimum atomic E-state index is -4.48. The van der Waals surface area contributed by atoms with Crippen LogP contribution in [0.4, 0.5) is 23.2 Å². The maximum atomic E-state index is 13.5. The lowest BCUT2D eigenvalue weighted by atomic mass is 10.1. The molecule has 3 aromatic heterocycles. The van der Waals surface area contributed by atoms with E-state index in [4.69, 9.17) is 10.7 Å². The highest BCUT2D eigenvalue weighted by atomic mass is 19.4. The second-order valence-corrected chi connectivity index (χ2v) is 5.29. The molecule has 3 heterocycles. The molecule has 26 heavy (non-hydrogen) atoms. The van der Waals surface area contributed by atoms with Gasteiger partial charge in [-0.1, -0.05) is 0 Å². The van der Waals surface area contributed by atoms with Gasteiger partial charge in [0, 0.05) is 23.6 Å². The third-order valence-electron chi connectivity index (χ3n) is 3.49. The van der Waals surface area contributed by atoms with Crippen molar-refractivity contribution >= 4 is 17.0 Å². The quantitative estimate of drug-likeness (QED) is 0.551. The molecular formula is C16H10F4N6. The van der Waals surface area contributed by atoms with Crippen molar-refractivity contribution in [2.45, 2.75) is 6.18 Å². The van der Waals surface area contributed by atoms with E-state index in [-0.39, 0.29) is 28.4 Å². The fourth-order valence-electron chi connectivity index (χ4n) is 2.34. The van der Waals surface area contributed by atoms with E-state index < -0.39 is 18.5 Å². The molecule has 2 N–H and O–H groups in total. The Labute approximate surface area is 144 Å². The van der Waals surface area contributed by atoms with Gasteiger partial charge >= 0.3 is 6.18 Å². The Kier molecular flexibility index (Phi) is 4.29. The van der Waals surface area contributed by atoms with Gasteiger partial charge in [-0.05, 0) is 18.2 Å². The van der Waals surface area contributed by atoms with Crippen molar-refractivity contribution in [1.29, 1.82) is 10.7 Å². The Morgan fingerprint density at radius 3 is 2.73 bits per heavy atom. The normalized spacial score (nSPS) is 11.3. The van der Waals surface area contributed by atoms with E-state index in [9.17, 15) is 17.6 Å². The standard InChI is InChI=1S/C16H10F4N6/c17-9-1-2-14-24-6-13(26(14)7-9)15(22)11-5-23-10(4-21)3-12(11)25-8-16(18,19)20/h1-3,5-7,22H,8H2,(H,23,25). The van der Waals surface area contributed by atoms with Crippen molar-refractivity contribution < 1.29 is 17.6 Å². The van der Waals surface area contributed by atoms with Crippen molar-refractivity contribution in [2.24, 2.45) is 0 Å². The van der Waals surface area contributed by atoms with Crippen LogP contribution < -0.4 is 5.32 Å². The number of hydrogen-bond acceptors (Lipinski definition) is 5. The zero-order valence-electron chi connectivity index (χ0n) is 13.0. The van der Waals surface area contributed by atoms with Crippen molar-refractivity contribution in [3.8, 4) is 6.07 Å². The summed E-state index contributed by atoms with van der Waals surface area (Å²) < 4.78 is 52.4. The Bertz CT molecular complexity index is 1030. The second kappa shape index (κ2) is 6.44. The second-order valence-electron chi connectivity index (χ2n) is 5.29. The third kappa shape index (κ3) is 3.46. The smallest absolute Gasteiger partial charge is 0.376 e. The molecule has 0 aliphatic rings. The fourth-order valence-corrected chi connectivity index (χ4v) is 2.34. The summed E-state index contributed by atoms with van der Waals surface area (Å²) >= 11 is 0. The van der Waals surface area contributed by atoms with Crippen LogP contribution in [0.25, 0.3) is 5.65 Å². The first-order chi connectivity index (χ1) is 12.3. The molecular weight excluding hydrogens is 352 g/mol. The molecule has 0 aliphatic heterocycles. The molecule has 0 aromatic carbocycles. The van der Waals surface area contributed by atoms with Crippen LogP contribution in [0.15, 0.2) is 36.8 Å². The first-order valence-electron chi connectivity index (χ1n) is 7.21. The summed E-state index contributed by atoms with van der Waals surface area (Å²) in [6, 6.07) is 5.47. The van der Waals surface area contributed by atoms with E-state index >= 15 is 0 Å². The lowest BCUT2D eigenvalue weighted by Crippen LogP contribution is -2.23. The van der Waals surface area contributed by atoms with Crippen molar-refractivity contribution in [3.63, 3.8) is 0 Å². The van der Waals surface area contributed by atoms with Gasteiger partial charge in [0.2, 0.25) is 0 Å². The third-order valence-corrected chi connectivity index (χ3v) is 3.49. The first-order valence-corrected chi connectivity index (χ1v) is 7.21. The monoisotopic (exact) mass is 362 g/mol. The summed E-state index contributed by atoms with van der Waals surface area (Å²) in [5, 5.41) is 19.4. The van der Waals surface area contributed by atoms with Crippen molar-refractivity contribution in [3.05, 3.63) is 59.6 Å². The molecule has 0 saturated heterocycles. The van der Waals surface area contributed by atoms with E-state index in [1.54, 1.807) is 6.07 Å². The number of hydrogen-bond donors (Lipinski definition) is 2. The number of anilines is 1. The lowest BCUT2D eigenvalue weighted by molar-refractivity contribution is -0.115. The first kappa shape index (κ1) is 17.3. The van der Waals surface area contributed by atoms with Crippen LogP contribution in [0.2, 0.25) is 0 Å². The average Bonchev–Trinajstić information content (AvgIpc) is 3.01. The summed E-state index contributed by atoms with van der Waals surface area (Å²) in [5.74, 6) is -0.557. The number of imidazole rings is 1. The minimum Gasteiger partial charge on any atom is -0.376 e. The highest BCUT2D eigenvalue weighted by molar-refractivity contribution is 6.13. The van der Waals surface area contributed by atoms with Gasteiger partial charge in [0.05, 0.1) is 17.6 Å². The van der Waals surface area contributed by atoms with Crippen LogP contribution in [0.3, 0.4) is 0 Å². The van der Waals surface area contributed by atoms with Crippen LogP contribution in [0.5, 0.6) is 0 Å². The van der Waals surface area contributed by atoms with E-state index in [1.807, 2.05) is 0 Å². The summed E-state index contributed by atoms with van der Waals surface area (Å²) in [6.45, 7) is -1.34. The molecule has 10 heteroatoms. The number of halogens is 4. The number of pyridine rings is 2. The molecule has 132 valence electrons. The van der Waals surface area contributed by atoms with Gasteiger partial charge in [0.25, 0.3) is 0 Å². The van der Waals surface area contributed by atoms with Gasteiger partial charge in [-0.2, -0.15) is 18.4 Å². The zero-order chi connectivity index (χ0) is 18.9. The van der Waals surface area contributed by atoms with Gasteiger partial charge in [0.15, 0.2) is 0 Å². The van der Waals surface area contributed by atoms with Crippen molar-refractivity contribution in [2.75, 3.05) is 11.9 Å². The molecule has 6 nitrogen and oxygen atoms in total. The van der Waals surface area contributed by atoms with E-state index in [2.05, 4.69) is 15.3 Å². The largest absolute Gasteiger partial charge is 0.405 e. The Hall–Kier alpha value is -3.48. The molecule has 0 aliphatic carbocycles. The highest BCUT2D eigenvalue weighted by Gasteiger charge is 2.27. The lowest BCUT2D eigenvalue weighted by Gasteiger charge is -2.14. The summed E-state index contributed by atoms with van der Waals surface area (Å²) in [4.78, 5) is 7.84. The average molecular weight is 362 g/mol. The Morgan fingerprint density at radius 2 is 2.04 bits per heavy atom. The summed E-state index contributed by atoms with van der Waals surface area (Å²) in [6.07, 6.45) is -0.935. The van der Waals surface area contributed by atoms with Crippen LogP contribution in [-0.4, -0.2) is 32.8 Å². The number of rotatable bonds is 4. The molecule has 0 atom stereocenters. The number of alkyl halides is 3. The summed E-state index contributed by atoms with van der Waals surface area (Å²) in [5.41, 5.74) is 0.170. The number of nitrogens with one attached hydrogen (secondary N) is 2. The number of nitrogens with zero attached hydrogens (tertiary/aromatic N) is 4. The molecule has 0 saturated carbocycles. The Morgan fingerprint density at radius 1 is 1.27 bits per heavy atom. The predicted molar refractivity (Wildman–Crippen MR) is 84.6 cm³/mol. The number of nitriles is 1. The molecule has 0 spiro atoms. The fraction of sp³-hybridized carbons (Fsp3) is 0.125. The number of aromatic nitrogens is 3. The van der Waals surface area contributed by atoms with Crippen LogP contribution in [-0.2, 0) is 0 Å². The molecule has 0 unspecified atom stereocenters. The molecule has 3 rings (SSSR count). The minimum absolute atomic E-state index is 0.0271. The van der Waals surface area contributed by atoms with Gasteiger partial charge in [-0.15, -0.1) is 0 Å². The molecule has 0 bridgehead atoms. The maximum absolute atomic E-state index is 13.5. The van der Waals surface area contributed by atoms with Crippen LogP contribution >= 0.6 is 0 Å². The molecule has 0 radical (unpaired) electrons. The van der Waals surface area contributed by atoms with Gasteiger partial charge in [0.1, 0.15) is 29.8 Å². The number of fused-ring (bicyclic) bond motifs is 1. The molecule has 3 aromatic rings. The van der Waals surface area contributed by atoms with Gasteiger partial charge in [-0.3, -0.25) is 9.81 Å².